The molecule has 1 N–H and O–H groups in total. The van der Waals surface area contributed by atoms with Crippen LogP contribution in [-0.4, -0.2) is 46.2 Å². The number of carbonyl (C=O) groups is 2. The van der Waals surface area contributed by atoms with E-state index in [2.05, 4.69) is 0 Å². The minimum Gasteiger partial charge on any atom is -0.499 e. The molecule has 170 valence electrons. The van der Waals surface area contributed by atoms with Gasteiger partial charge in [0.2, 0.25) is 5.75 Å². The van der Waals surface area contributed by atoms with Crippen molar-refractivity contribution in [2.75, 3.05) is 13.1 Å². The summed E-state index contributed by atoms with van der Waals surface area (Å²) in [7, 11) is 0. The van der Waals surface area contributed by atoms with Crippen LogP contribution in [-0.2, 0) is 9.53 Å². The Morgan fingerprint density at radius 1 is 1.31 bits per heavy atom. The number of phenols is 1. The molecular weight excluding hydrogens is 418 g/mol. The normalized spacial score (nSPS) is 21.7. The smallest absolute Gasteiger partial charge is 0.499 e. The van der Waals surface area contributed by atoms with Gasteiger partial charge in [-0.25, -0.2) is 4.79 Å². The van der Waals surface area contributed by atoms with Crippen molar-refractivity contribution >= 4 is 23.8 Å². The Morgan fingerprint density at radius 3 is 2.56 bits per heavy atom. The summed E-state index contributed by atoms with van der Waals surface area (Å²) in [5, 5.41) is 31.0. The number of amides is 1. The Morgan fingerprint density at radius 2 is 2.03 bits per heavy atom. The molecule has 0 radical (unpaired) electrons. The number of nitro groups is 1. The molecule has 0 saturated heterocycles. The van der Waals surface area contributed by atoms with E-state index in [1.165, 1.54) is 4.90 Å². The van der Waals surface area contributed by atoms with Crippen LogP contribution < -0.4 is 4.74 Å². The molecule has 10 heteroatoms. The molecule has 1 amide bonds. The zero-order valence-electron chi connectivity index (χ0n) is 17.9. The summed E-state index contributed by atoms with van der Waals surface area (Å²) >= 11 is 0. The number of hydrogen-bond acceptors (Lipinski definition) is 8. The lowest BCUT2D eigenvalue weighted by molar-refractivity contribution is -0.385. The molecule has 0 spiro atoms. The van der Waals surface area contributed by atoms with E-state index < -0.39 is 34.2 Å². The van der Waals surface area contributed by atoms with Gasteiger partial charge in [-0.2, -0.15) is 5.26 Å². The quantitative estimate of drug-likeness (QED) is 0.167. The fourth-order valence-electron chi connectivity index (χ4n) is 4.47. The van der Waals surface area contributed by atoms with Gasteiger partial charge in [-0.3, -0.25) is 14.9 Å². The van der Waals surface area contributed by atoms with E-state index in [4.69, 9.17) is 9.47 Å². The molecule has 3 rings (SSSR count). The second-order valence-corrected chi connectivity index (χ2v) is 7.97. The van der Waals surface area contributed by atoms with E-state index in [1.807, 2.05) is 0 Å². The highest BCUT2D eigenvalue weighted by Crippen LogP contribution is 2.46. The van der Waals surface area contributed by atoms with Gasteiger partial charge in [0, 0.05) is 19.2 Å². The molecule has 2 fully saturated rings. The third-order valence-corrected chi connectivity index (χ3v) is 6.10. The summed E-state index contributed by atoms with van der Waals surface area (Å²) < 4.78 is 10.5. The lowest BCUT2D eigenvalue weighted by Gasteiger charge is -2.21. The van der Waals surface area contributed by atoms with Crippen molar-refractivity contribution in [3.8, 4) is 17.6 Å². The summed E-state index contributed by atoms with van der Waals surface area (Å²) in [6, 6.07) is 3.94. The minimum atomic E-state index is -1.06. The van der Waals surface area contributed by atoms with E-state index >= 15 is 0 Å². The lowest BCUT2D eigenvalue weighted by atomic mass is 9.98. The number of phenolic OH excluding ortho intramolecular Hbond substituents is 1. The van der Waals surface area contributed by atoms with Crippen LogP contribution in [0.4, 0.5) is 10.5 Å². The van der Waals surface area contributed by atoms with Crippen LogP contribution in [0.5, 0.6) is 11.5 Å². The van der Waals surface area contributed by atoms with Crippen LogP contribution in [0.2, 0.25) is 0 Å². The highest BCUT2D eigenvalue weighted by molar-refractivity contribution is 6.01. The van der Waals surface area contributed by atoms with Gasteiger partial charge in [0.05, 0.1) is 4.92 Å². The van der Waals surface area contributed by atoms with E-state index in [9.17, 15) is 30.1 Å². The number of likely N-dealkylation sites (N-methyl/N-ethyl adjacent to an activating group) is 1. The van der Waals surface area contributed by atoms with E-state index in [0.717, 1.165) is 43.9 Å². The lowest BCUT2D eigenvalue weighted by Crippen LogP contribution is -2.31. The standard InChI is InChI=1S/C22H25N3O7/c1-3-24(4-2)21(27)16(12-23)8-14-9-17(25(29)30)20(26)19(11-14)32-22(28)31-18-10-13-5-6-15(18)7-13/h8-9,11,13,15,18,26H,3-7,10H2,1-2H3/b16-8+. The van der Waals surface area contributed by atoms with Crippen LogP contribution in [0.1, 0.15) is 45.1 Å². The first-order chi connectivity index (χ1) is 15.3. The van der Waals surface area contributed by atoms with E-state index in [1.54, 1.807) is 19.9 Å². The molecule has 2 aliphatic rings. The fourth-order valence-corrected chi connectivity index (χ4v) is 4.47. The van der Waals surface area contributed by atoms with Crippen LogP contribution in [0, 0.1) is 33.3 Å². The van der Waals surface area contributed by atoms with Crippen LogP contribution in [0.3, 0.4) is 0 Å². The molecule has 10 nitrogen and oxygen atoms in total. The van der Waals surface area contributed by atoms with Gasteiger partial charge in [-0.05, 0) is 69.1 Å². The van der Waals surface area contributed by atoms with Crippen molar-refractivity contribution in [1.29, 1.82) is 5.26 Å². The zero-order valence-corrected chi connectivity index (χ0v) is 17.9. The molecular formula is C22H25N3O7. The Hall–Kier alpha value is -3.61. The van der Waals surface area contributed by atoms with Gasteiger partial charge >= 0.3 is 11.8 Å². The number of nitriles is 1. The predicted octanol–water partition coefficient (Wildman–Crippen LogP) is 3.78. The van der Waals surface area contributed by atoms with Crippen LogP contribution in [0.25, 0.3) is 6.08 Å². The van der Waals surface area contributed by atoms with Gasteiger partial charge in [-0.1, -0.05) is 0 Å². The molecule has 1 aromatic carbocycles. The Bertz CT molecular complexity index is 994. The zero-order chi connectivity index (χ0) is 23.4. The number of carbonyl (C=O) groups excluding carboxylic acids is 2. The maximum absolute atomic E-state index is 12.5. The highest BCUT2D eigenvalue weighted by Gasteiger charge is 2.42. The first kappa shape index (κ1) is 23.1. The fraction of sp³-hybridized carbons (Fsp3) is 0.500. The van der Waals surface area contributed by atoms with E-state index in [-0.39, 0.29) is 23.2 Å². The number of aromatic hydroxyl groups is 1. The molecule has 2 bridgehead atoms. The van der Waals surface area contributed by atoms with Crippen molar-refractivity contribution in [1.82, 2.24) is 4.90 Å². The summed E-state index contributed by atoms with van der Waals surface area (Å²) in [5.74, 6) is -1.04. The number of benzene rings is 1. The van der Waals surface area contributed by atoms with Crippen molar-refractivity contribution in [3.05, 3.63) is 33.4 Å². The Labute approximate surface area is 185 Å². The largest absolute Gasteiger partial charge is 0.514 e. The van der Waals surface area contributed by atoms with Crippen molar-refractivity contribution in [2.24, 2.45) is 11.8 Å². The van der Waals surface area contributed by atoms with E-state index in [0.29, 0.717) is 19.0 Å². The molecule has 0 heterocycles. The minimum absolute atomic E-state index is 0.0503. The summed E-state index contributed by atoms with van der Waals surface area (Å²) in [4.78, 5) is 36.7. The number of nitro benzene ring substituents is 1. The average Bonchev–Trinajstić information content (AvgIpc) is 3.37. The van der Waals surface area contributed by atoms with Crippen molar-refractivity contribution < 1.29 is 29.1 Å². The number of ether oxygens (including phenoxy) is 2. The van der Waals surface area contributed by atoms with Crippen molar-refractivity contribution in [2.45, 2.75) is 45.6 Å². The second kappa shape index (κ2) is 9.68. The SMILES string of the molecule is CCN(CC)C(=O)/C(C#N)=C/c1cc(OC(=O)OC2CC3CCC2C3)c(O)c([N+](=O)[O-])c1. The monoisotopic (exact) mass is 443 g/mol. The maximum atomic E-state index is 12.5. The predicted molar refractivity (Wildman–Crippen MR) is 113 cm³/mol. The number of fused-ring (bicyclic) bond motifs is 2. The topological polar surface area (TPSA) is 143 Å². The number of nitrogens with zero attached hydrogens (tertiary/aromatic N) is 3. The number of hydrogen-bond donors (Lipinski definition) is 1. The van der Waals surface area contributed by atoms with Gasteiger partial charge in [-0.15, -0.1) is 0 Å². The first-order valence-corrected chi connectivity index (χ1v) is 10.6. The van der Waals surface area contributed by atoms with Gasteiger partial charge in [0.25, 0.3) is 5.91 Å². The average molecular weight is 443 g/mol. The third-order valence-electron chi connectivity index (χ3n) is 6.10. The second-order valence-electron chi connectivity index (χ2n) is 7.97. The summed E-state index contributed by atoms with van der Waals surface area (Å²) in [5.41, 5.74) is -0.924. The van der Waals surface area contributed by atoms with Crippen molar-refractivity contribution in [3.63, 3.8) is 0 Å². The molecule has 0 aliphatic heterocycles. The molecule has 3 unspecified atom stereocenters. The molecule has 32 heavy (non-hydrogen) atoms. The molecule has 2 aliphatic carbocycles. The molecule has 1 aromatic rings. The van der Waals surface area contributed by atoms with Gasteiger partial charge in [0.15, 0.2) is 5.75 Å². The van der Waals surface area contributed by atoms with Gasteiger partial charge in [0.1, 0.15) is 17.7 Å². The van der Waals surface area contributed by atoms with Gasteiger partial charge < -0.3 is 19.5 Å². The highest BCUT2D eigenvalue weighted by atomic mass is 16.7. The summed E-state index contributed by atoms with van der Waals surface area (Å²) in [6.07, 6.45) is 3.69. The first-order valence-electron chi connectivity index (χ1n) is 10.6. The maximum Gasteiger partial charge on any atom is 0.514 e. The Kier molecular flexibility index (Phi) is 6.98. The number of rotatable bonds is 7. The molecule has 2 saturated carbocycles. The molecule has 0 aromatic heterocycles. The summed E-state index contributed by atoms with van der Waals surface area (Å²) in [6.45, 7) is 4.28. The van der Waals surface area contributed by atoms with Crippen LogP contribution >= 0.6 is 0 Å². The third kappa shape index (κ3) is 4.82. The molecule has 3 atom stereocenters. The Balaban J connectivity index is 1.86. The van der Waals surface area contributed by atoms with Crippen LogP contribution in [0.15, 0.2) is 17.7 Å².